The number of guanidine groups is 1. The van der Waals surface area contributed by atoms with Crippen LogP contribution in [0.1, 0.15) is 33.1 Å². The molecule has 1 fully saturated rings. The summed E-state index contributed by atoms with van der Waals surface area (Å²) in [4.78, 5) is 29.1. The van der Waals surface area contributed by atoms with Crippen LogP contribution in [0, 0.1) is 0 Å². The lowest BCUT2D eigenvalue weighted by Gasteiger charge is -2.18. The van der Waals surface area contributed by atoms with Gasteiger partial charge in [-0.15, -0.1) is 0 Å². The molecule has 0 bridgehead atoms. The maximum Gasteiger partial charge on any atom is 0.239 e. The van der Waals surface area contributed by atoms with Gasteiger partial charge in [0.05, 0.1) is 6.54 Å². The molecule has 1 heterocycles. The van der Waals surface area contributed by atoms with Crippen LogP contribution in [0.5, 0.6) is 0 Å². The van der Waals surface area contributed by atoms with E-state index in [2.05, 4.69) is 20.9 Å². The molecule has 0 aromatic carbocycles. The van der Waals surface area contributed by atoms with Crippen molar-refractivity contribution in [1.29, 1.82) is 0 Å². The zero-order valence-electron chi connectivity index (χ0n) is 13.2. The Bertz CT molecular complexity index is 384. The molecule has 7 nitrogen and oxygen atoms in total. The van der Waals surface area contributed by atoms with Crippen LogP contribution in [0.4, 0.5) is 0 Å². The Balaban J connectivity index is 2.32. The Kier molecular flexibility index (Phi) is 7.56. The van der Waals surface area contributed by atoms with Gasteiger partial charge < -0.3 is 20.9 Å². The molecule has 0 radical (unpaired) electrons. The van der Waals surface area contributed by atoms with Gasteiger partial charge in [0.15, 0.2) is 5.96 Å². The molecule has 21 heavy (non-hydrogen) atoms. The normalized spacial score (nSPS) is 18.5. The molecule has 7 heteroatoms. The molecule has 120 valence electrons. The summed E-state index contributed by atoms with van der Waals surface area (Å²) in [5.41, 5.74) is 0. The molecule has 1 aliphatic rings. The molecule has 2 amide bonds. The maximum absolute atomic E-state index is 11.6. The average molecular weight is 297 g/mol. The zero-order chi connectivity index (χ0) is 15.7. The number of amides is 2. The van der Waals surface area contributed by atoms with Gasteiger partial charge in [-0.25, -0.2) is 0 Å². The highest BCUT2D eigenvalue weighted by atomic mass is 16.2. The van der Waals surface area contributed by atoms with Crippen LogP contribution in [0.2, 0.25) is 0 Å². The molecule has 1 saturated heterocycles. The maximum atomic E-state index is 11.6. The Hall–Kier alpha value is -1.79. The Morgan fingerprint density at radius 2 is 2.05 bits per heavy atom. The third-order valence-corrected chi connectivity index (χ3v) is 3.40. The average Bonchev–Trinajstić information content (AvgIpc) is 2.96. The Labute approximate surface area is 126 Å². The number of carbonyl (C=O) groups is 2. The molecule has 1 aliphatic heterocycles. The second-order valence-corrected chi connectivity index (χ2v) is 5.10. The van der Waals surface area contributed by atoms with Crippen molar-refractivity contribution < 1.29 is 9.59 Å². The van der Waals surface area contributed by atoms with Crippen molar-refractivity contribution >= 4 is 17.8 Å². The topological polar surface area (TPSA) is 85.8 Å². The van der Waals surface area contributed by atoms with Crippen molar-refractivity contribution in [2.75, 3.05) is 33.2 Å². The van der Waals surface area contributed by atoms with E-state index in [1.165, 1.54) is 0 Å². The van der Waals surface area contributed by atoms with Crippen LogP contribution in [0.3, 0.4) is 0 Å². The van der Waals surface area contributed by atoms with Crippen LogP contribution in [0.25, 0.3) is 0 Å². The number of aliphatic imine (C=N–C) groups is 1. The predicted octanol–water partition coefficient (Wildman–Crippen LogP) is -0.311. The van der Waals surface area contributed by atoms with Crippen LogP contribution in [-0.4, -0.2) is 61.9 Å². The lowest BCUT2D eigenvalue weighted by molar-refractivity contribution is -0.129. The number of hydrogen-bond acceptors (Lipinski definition) is 3. The quantitative estimate of drug-likeness (QED) is 0.464. The summed E-state index contributed by atoms with van der Waals surface area (Å²) in [7, 11) is 1.67. The van der Waals surface area contributed by atoms with Crippen LogP contribution < -0.4 is 16.0 Å². The Morgan fingerprint density at radius 3 is 2.67 bits per heavy atom. The van der Waals surface area contributed by atoms with Crippen molar-refractivity contribution in [3.63, 3.8) is 0 Å². The van der Waals surface area contributed by atoms with Gasteiger partial charge in [-0.05, 0) is 12.8 Å². The molecular formula is C14H27N5O2. The highest BCUT2D eigenvalue weighted by Crippen LogP contribution is 2.10. The summed E-state index contributed by atoms with van der Waals surface area (Å²) < 4.78 is 0. The van der Waals surface area contributed by atoms with E-state index in [1.807, 2.05) is 18.7 Å². The Morgan fingerprint density at radius 1 is 1.29 bits per heavy atom. The zero-order valence-corrected chi connectivity index (χ0v) is 13.2. The summed E-state index contributed by atoms with van der Waals surface area (Å²) in [6.45, 7) is 6.23. The highest BCUT2D eigenvalue weighted by Gasteiger charge is 2.25. The molecular weight excluding hydrogens is 270 g/mol. The van der Waals surface area contributed by atoms with Crippen LogP contribution >= 0.6 is 0 Å². The number of nitrogens with one attached hydrogen (secondary N) is 3. The van der Waals surface area contributed by atoms with Gasteiger partial charge in [0.25, 0.3) is 0 Å². The predicted molar refractivity (Wildman–Crippen MR) is 83.1 cm³/mol. The fraction of sp³-hybridized carbons (Fsp3) is 0.786. The van der Waals surface area contributed by atoms with Crippen molar-refractivity contribution in [3.8, 4) is 0 Å². The summed E-state index contributed by atoms with van der Waals surface area (Å²) in [6, 6.07) is 0.186. The first-order valence-corrected chi connectivity index (χ1v) is 7.62. The standard InChI is InChI=1S/C14H27N5O2/c1-4-7-16-12(20)9-17-14(15-3)18-11-6-8-19(10-11)13(21)5-2/h11H,4-10H2,1-3H3,(H,16,20)(H2,15,17,18). The number of carbonyl (C=O) groups excluding carboxylic acids is 2. The number of nitrogens with zero attached hydrogens (tertiary/aromatic N) is 2. The number of rotatable bonds is 6. The molecule has 3 N–H and O–H groups in total. The molecule has 1 unspecified atom stereocenters. The molecule has 0 saturated carbocycles. The van der Waals surface area contributed by atoms with E-state index in [4.69, 9.17) is 0 Å². The number of hydrogen-bond donors (Lipinski definition) is 3. The van der Waals surface area contributed by atoms with E-state index in [9.17, 15) is 9.59 Å². The molecule has 0 spiro atoms. The minimum Gasteiger partial charge on any atom is -0.355 e. The summed E-state index contributed by atoms with van der Waals surface area (Å²) in [6.07, 6.45) is 2.36. The molecule has 1 atom stereocenters. The molecule has 0 aromatic heterocycles. The van der Waals surface area contributed by atoms with Crippen LogP contribution in [0.15, 0.2) is 4.99 Å². The molecule has 0 aliphatic carbocycles. The van der Waals surface area contributed by atoms with Gasteiger partial charge in [-0.3, -0.25) is 14.6 Å². The largest absolute Gasteiger partial charge is 0.355 e. The van der Waals surface area contributed by atoms with Gasteiger partial charge in [0.1, 0.15) is 0 Å². The van der Waals surface area contributed by atoms with Gasteiger partial charge in [0, 0.05) is 39.1 Å². The van der Waals surface area contributed by atoms with Crippen molar-refractivity contribution in [2.24, 2.45) is 4.99 Å². The minimum atomic E-state index is -0.0472. The van der Waals surface area contributed by atoms with E-state index >= 15 is 0 Å². The number of likely N-dealkylation sites (tertiary alicyclic amines) is 1. The van der Waals surface area contributed by atoms with Crippen LogP contribution in [-0.2, 0) is 9.59 Å². The monoisotopic (exact) mass is 297 g/mol. The second kappa shape index (κ2) is 9.20. The lowest BCUT2D eigenvalue weighted by atomic mass is 10.3. The van der Waals surface area contributed by atoms with E-state index < -0.39 is 0 Å². The first-order valence-electron chi connectivity index (χ1n) is 7.62. The fourth-order valence-electron chi connectivity index (χ4n) is 2.21. The SMILES string of the molecule is CCCNC(=O)CNC(=NC)NC1CCN(C(=O)CC)C1. The van der Waals surface area contributed by atoms with Gasteiger partial charge in [-0.2, -0.15) is 0 Å². The minimum absolute atomic E-state index is 0.0472. The van der Waals surface area contributed by atoms with Gasteiger partial charge in [0.2, 0.25) is 11.8 Å². The van der Waals surface area contributed by atoms with Gasteiger partial charge >= 0.3 is 0 Å². The van der Waals surface area contributed by atoms with Crippen molar-refractivity contribution in [1.82, 2.24) is 20.9 Å². The van der Waals surface area contributed by atoms with Crippen molar-refractivity contribution in [2.45, 2.75) is 39.2 Å². The lowest BCUT2D eigenvalue weighted by Crippen LogP contribution is -2.47. The fourth-order valence-corrected chi connectivity index (χ4v) is 2.21. The smallest absolute Gasteiger partial charge is 0.239 e. The highest BCUT2D eigenvalue weighted by molar-refractivity contribution is 5.86. The molecule has 1 rings (SSSR count). The van der Waals surface area contributed by atoms with E-state index in [-0.39, 0.29) is 24.4 Å². The summed E-state index contributed by atoms with van der Waals surface area (Å²) >= 11 is 0. The summed E-state index contributed by atoms with van der Waals surface area (Å²) in [5, 5.41) is 9.04. The van der Waals surface area contributed by atoms with Crippen molar-refractivity contribution in [3.05, 3.63) is 0 Å². The second-order valence-electron chi connectivity index (χ2n) is 5.10. The molecule has 0 aromatic rings. The first-order chi connectivity index (χ1) is 10.1. The first kappa shape index (κ1) is 17.3. The summed E-state index contributed by atoms with van der Waals surface area (Å²) in [5.74, 6) is 0.729. The van der Waals surface area contributed by atoms with E-state index in [0.29, 0.717) is 25.5 Å². The van der Waals surface area contributed by atoms with E-state index in [1.54, 1.807) is 7.05 Å². The third-order valence-electron chi connectivity index (χ3n) is 3.40. The van der Waals surface area contributed by atoms with E-state index in [0.717, 1.165) is 19.4 Å². The third kappa shape index (κ3) is 6.01. The van der Waals surface area contributed by atoms with Gasteiger partial charge in [-0.1, -0.05) is 13.8 Å².